The molecular weight excluding hydrogens is 537 g/mol. The van der Waals surface area contributed by atoms with Gasteiger partial charge < -0.3 is 20.3 Å². The number of aromatic nitrogens is 2. The minimum Gasteiger partial charge on any atom is -0.489 e. The molecule has 0 saturated carbocycles. The number of nitrogens with zero attached hydrogens (tertiary/aromatic N) is 3. The minimum atomic E-state index is -2.98. The maximum absolute atomic E-state index is 13.4. The van der Waals surface area contributed by atoms with Crippen molar-refractivity contribution in [3.05, 3.63) is 101 Å². The highest BCUT2D eigenvalue weighted by Gasteiger charge is 2.18. The Kier molecular flexibility index (Phi) is 8.20. The van der Waals surface area contributed by atoms with E-state index < -0.39 is 9.84 Å². The Morgan fingerprint density at radius 3 is 2.77 bits per heavy atom. The van der Waals surface area contributed by atoms with Crippen LogP contribution in [0.2, 0.25) is 0 Å². The zero-order valence-electron chi connectivity index (χ0n) is 21.3. The zero-order valence-corrected chi connectivity index (χ0v) is 22.9. The third-order valence-electron chi connectivity index (χ3n) is 6.02. The van der Waals surface area contributed by atoms with Crippen LogP contribution in [-0.2, 0) is 29.5 Å². The fraction of sp³-hybridized carbons (Fsp3) is 0.214. The van der Waals surface area contributed by atoms with Gasteiger partial charge in [0, 0.05) is 59.6 Å². The predicted molar refractivity (Wildman–Crippen MR) is 153 cm³/mol. The van der Waals surface area contributed by atoms with Gasteiger partial charge in [0.25, 0.3) is 0 Å². The van der Waals surface area contributed by atoms with Crippen LogP contribution in [-0.4, -0.2) is 36.9 Å². The summed E-state index contributed by atoms with van der Waals surface area (Å²) in [5.41, 5.74) is 4.69. The molecule has 1 aliphatic heterocycles. The molecule has 0 spiro atoms. The molecule has 0 atom stereocenters. The Morgan fingerprint density at radius 2 is 1.97 bits per heavy atom. The highest BCUT2D eigenvalue weighted by atomic mass is 32.2. The van der Waals surface area contributed by atoms with Crippen molar-refractivity contribution in [1.82, 2.24) is 15.3 Å². The monoisotopic (exact) mass is 565 g/mol. The molecule has 0 radical (unpaired) electrons. The van der Waals surface area contributed by atoms with Crippen LogP contribution in [0.1, 0.15) is 21.6 Å². The molecule has 3 heterocycles. The van der Waals surface area contributed by atoms with Crippen molar-refractivity contribution in [3.8, 4) is 5.75 Å². The van der Waals surface area contributed by atoms with E-state index in [-0.39, 0.29) is 18.2 Å². The van der Waals surface area contributed by atoms with Gasteiger partial charge in [0.05, 0.1) is 24.2 Å². The van der Waals surface area contributed by atoms with Gasteiger partial charge in [-0.3, -0.25) is 4.98 Å². The Balaban J connectivity index is 1.20. The van der Waals surface area contributed by atoms with E-state index in [1.807, 2.05) is 61.2 Å². The Bertz CT molecular complexity index is 1570. The number of halogens is 1. The molecule has 202 valence electrons. The van der Waals surface area contributed by atoms with Crippen LogP contribution >= 0.6 is 11.3 Å². The smallest absolute Gasteiger partial charge is 0.189 e. The van der Waals surface area contributed by atoms with Crippen LogP contribution in [0.15, 0.2) is 73.3 Å². The molecule has 2 N–H and O–H groups in total. The number of thiazole rings is 1. The molecule has 2 aromatic carbocycles. The predicted octanol–water partition coefficient (Wildman–Crippen LogP) is 5.12. The number of hydrogen-bond donors (Lipinski definition) is 2. The van der Waals surface area contributed by atoms with E-state index in [4.69, 9.17) is 4.74 Å². The lowest BCUT2D eigenvalue weighted by atomic mass is 10.1. The summed E-state index contributed by atoms with van der Waals surface area (Å²) < 4.78 is 41.8. The molecule has 0 aliphatic carbocycles. The third-order valence-corrected chi connectivity index (χ3v) is 8.00. The molecule has 0 bridgehead atoms. The lowest BCUT2D eigenvalue weighted by Crippen LogP contribution is -2.21. The van der Waals surface area contributed by atoms with E-state index in [1.165, 1.54) is 18.4 Å². The number of anilines is 3. The number of pyridine rings is 1. The highest BCUT2D eigenvalue weighted by Crippen LogP contribution is 2.33. The molecular formula is C28H28FN5O3S2. The molecule has 11 heteroatoms. The quantitative estimate of drug-likeness (QED) is 0.242. The normalized spacial score (nSPS) is 12.8. The van der Waals surface area contributed by atoms with Crippen molar-refractivity contribution in [2.24, 2.45) is 0 Å². The molecule has 8 nitrogen and oxygen atoms in total. The Labute approximate surface area is 231 Å². The van der Waals surface area contributed by atoms with Crippen molar-refractivity contribution < 1.29 is 17.5 Å². The van der Waals surface area contributed by atoms with Crippen molar-refractivity contribution >= 4 is 43.8 Å². The summed E-state index contributed by atoms with van der Waals surface area (Å²) in [5, 5.41) is 7.48. The molecule has 0 unspecified atom stereocenters. The first-order valence-corrected chi connectivity index (χ1v) is 15.2. The van der Waals surface area contributed by atoms with Crippen LogP contribution in [0.25, 0.3) is 6.08 Å². The topological polar surface area (TPSA) is 96.5 Å². The number of nitrogens with one attached hydrogen (secondary N) is 2. The summed E-state index contributed by atoms with van der Waals surface area (Å²) in [7, 11) is -2.98. The number of hydrogen-bond acceptors (Lipinski definition) is 9. The van der Waals surface area contributed by atoms with Crippen LogP contribution < -0.4 is 20.3 Å². The van der Waals surface area contributed by atoms with Gasteiger partial charge in [-0.2, -0.15) is 0 Å². The SMILES string of the molecule is CS(=O)(=O)CCNCc1cnc(N2C=Cc3cncc(Nc4ccc(OCc5cccc(F)c5)cc4)c3C2)s1. The molecule has 2 aromatic heterocycles. The lowest BCUT2D eigenvalue weighted by Gasteiger charge is -2.25. The number of sulfone groups is 1. The third kappa shape index (κ3) is 7.41. The first-order valence-electron chi connectivity index (χ1n) is 12.3. The van der Waals surface area contributed by atoms with Crippen LogP contribution in [0.3, 0.4) is 0 Å². The summed E-state index contributed by atoms with van der Waals surface area (Å²) in [6.07, 6.45) is 10.7. The molecule has 5 rings (SSSR count). The van der Waals surface area contributed by atoms with Gasteiger partial charge in [0.1, 0.15) is 28.0 Å². The van der Waals surface area contributed by atoms with Crippen molar-refractivity contribution in [3.63, 3.8) is 0 Å². The minimum absolute atomic E-state index is 0.110. The second-order valence-corrected chi connectivity index (χ2v) is 12.5. The zero-order chi connectivity index (χ0) is 27.2. The number of rotatable bonds is 11. The van der Waals surface area contributed by atoms with Crippen molar-refractivity contribution in [2.45, 2.75) is 19.7 Å². The maximum atomic E-state index is 13.4. The number of ether oxygens (including phenoxy) is 1. The second kappa shape index (κ2) is 11.9. The van der Waals surface area contributed by atoms with Gasteiger partial charge in [-0.25, -0.2) is 17.8 Å². The van der Waals surface area contributed by atoms with Gasteiger partial charge in [0.15, 0.2) is 5.13 Å². The number of benzene rings is 2. The van der Waals surface area contributed by atoms with E-state index in [9.17, 15) is 12.8 Å². The Hall–Kier alpha value is -3.80. The summed E-state index contributed by atoms with van der Waals surface area (Å²) in [6.45, 7) is 1.89. The van der Waals surface area contributed by atoms with Crippen molar-refractivity contribution in [2.75, 3.05) is 28.8 Å². The van der Waals surface area contributed by atoms with E-state index >= 15 is 0 Å². The van der Waals surface area contributed by atoms with E-state index in [2.05, 4.69) is 25.5 Å². The molecule has 0 saturated heterocycles. The van der Waals surface area contributed by atoms with Gasteiger partial charge in [-0.15, -0.1) is 11.3 Å². The largest absolute Gasteiger partial charge is 0.489 e. The molecule has 4 aromatic rings. The van der Waals surface area contributed by atoms with E-state index in [1.54, 1.807) is 17.4 Å². The summed E-state index contributed by atoms with van der Waals surface area (Å²) in [5.74, 6) is 0.523. The molecule has 0 fully saturated rings. The fourth-order valence-electron chi connectivity index (χ4n) is 4.02. The van der Waals surface area contributed by atoms with Gasteiger partial charge in [-0.05, 0) is 48.0 Å². The number of fused-ring (bicyclic) bond motifs is 1. The van der Waals surface area contributed by atoms with Crippen LogP contribution in [0.5, 0.6) is 5.75 Å². The second-order valence-electron chi connectivity index (χ2n) is 9.18. The lowest BCUT2D eigenvalue weighted by molar-refractivity contribution is 0.305. The summed E-state index contributed by atoms with van der Waals surface area (Å²) >= 11 is 1.57. The first kappa shape index (κ1) is 26.8. The van der Waals surface area contributed by atoms with Gasteiger partial charge in [0.2, 0.25) is 0 Å². The van der Waals surface area contributed by atoms with Gasteiger partial charge in [-0.1, -0.05) is 12.1 Å². The van der Waals surface area contributed by atoms with Gasteiger partial charge >= 0.3 is 0 Å². The highest BCUT2D eigenvalue weighted by molar-refractivity contribution is 7.90. The van der Waals surface area contributed by atoms with Crippen molar-refractivity contribution in [1.29, 1.82) is 0 Å². The summed E-state index contributed by atoms with van der Waals surface area (Å²) in [6, 6.07) is 14.0. The molecule has 0 amide bonds. The molecule has 1 aliphatic rings. The van der Waals surface area contributed by atoms with E-state index in [0.29, 0.717) is 25.4 Å². The molecule has 39 heavy (non-hydrogen) atoms. The van der Waals surface area contributed by atoms with Crippen LogP contribution in [0, 0.1) is 5.82 Å². The summed E-state index contributed by atoms with van der Waals surface area (Å²) in [4.78, 5) is 12.1. The Morgan fingerprint density at radius 1 is 1.13 bits per heavy atom. The first-order chi connectivity index (χ1) is 18.8. The van der Waals surface area contributed by atoms with E-state index in [0.717, 1.165) is 38.1 Å². The maximum Gasteiger partial charge on any atom is 0.189 e. The average molecular weight is 566 g/mol. The van der Waals surface area contributed by atoms with Crippen LogP contribution in [0.4, 0.5) is 20.9 Å². The average Bonchev–Trinajstić information content (AvgIpc) is 3.39. The standard InChI is InChI=1S/C28H28FN5O3S2/c1-39(35,36)12-10-30-15-25-16-32-28(38-25)34-11-9-21-14-31-17-27(26(21)18-34)33-23-5-7-24(8-6-23)37-19-20-3-2-4-22(29)13-20/h2-9,11,13-14,16-17,30,33H,10,12,15,18-19H2,1H3. The fourth-order valence-corrected chi connectivity index (χ4v) is 5.40.